The van der Waals surface area contributed by atoms with Crippen LogP contribution in [0.25, 0.3) is 11.0 Å². The number of Topliss-reactive ketones (excluding diaryl/α,β-unsaturated/α-hetero) is 1. The predicted molar refractivity (Wildman–Crippen MR) is 127 cm³/mol. The quantitative estimate of drug-likeness (QED) is 0.535. The topological polar surface area (TPSA) is 33.5 Å². The summed E-state index contributed by atoms with van der Waals surface area (Å²) >= 11 is 1.90. The summed E-state index contributed by atoms with van der Waals surface area (Å²) in [5, 5.41) is 0.948. The van der Waals surface area contributed by atoms with Gasteiger partial charge in [-0.1, -0.05) is 50.3 Å². The molecule has 4 heteroatoms. The molecule has 0 saturated heterocycles. The van der Waals surface area contributed by atoms with Crippen molar-refractivity contribution in [1.29, 1.82) is 0 Å². The van der Waals surface area contributed by atoms with Crippen molar-refractivity contribution in [1.82, 2.24) is 4.90 Å². The van der Waals surface area contributed by atoms with E-state index in [0.717, 1.165) is 34.6 Å². The molecule has 0 spiro atoms. The minimum Gasteiger partial charge on any atom is -0.460 e. The fraction of sp³-hybridized carbons (Fsp3) is 0.500. The monoisotopic (exact) mass is 423 g/mol. The summed E-state index contributed by atoms with van der Waals surface area (Å²) in [6.07, 6.45) is 6.60. The van der Waals surface area contributed by atoms with Gasteiger partial charge in [0.2, 0.25) is 0 Å². The van der Waals surface area contributed by atoms with E-state index in [2.05, 4.69) is 64.7 Å². The molecule has 160 valence electrons. The van der Waals surface area contributed by atoms with Gasteiger partial charge in [-0.05, 0) is 33.8 Å². The lowest BCUT2D eigenvalue weighted by atomic mass is 9.62. The molecule has 0 N–H and O–H groups in total. The van der Waals surface area contributed by atoms with Crippen LogP contribution in [-0.4, -0.2) is 35.1 Å². The van der Waals surface area contributed by atoms with E-state index in [1.807, 2.05) is 36.0 Å². The summed E-state index contributed by atoms with van der Waals surface area (Å²) in [6.45, 7) is 14.5. The molecule has 2 unspecified atom stereocenters. The van der Waals surface area contributed by atoms with E-state index in [1.165, 1.54) is 4.91 Å². The highest BCUT2D eigenvalue weighted by atomic mass is 32.2. The maximum Gasteiger partial charge on any atom is 0.174 e. The molecule has 4 rings (SSSR count). The number of rotatable bonds is 6. The summed E-state index contributed by atoms with van der Waals surface area (Å²) in [6, 6.07) is 9.01. The Morgan fingerprint density at radius 2 is 1.83 bits per heavy atom. The molecule has 0 bridgehead atoms. The number of ketones is 1. The zero-order valence-electron chi connectivity index (χ0n) is 18.9. The van der Waals surface area contributed by atoms with Crippen LogP contribution >= 0.6 is 11.8 Å². The van der Waals surface area contributed by atoms with E-state index in [1.54, 1.807) is 0 Å². The van der Waals surface area contributed by atoms with Crippen LogP contribution in [0.4, 0.5) is 0 Å². The Morgan fingerprint density at radius 3 is 2.53 bits per heavy atom. The van der Waals surface area contributed by atoms with E-state index < -0.39 is 0 Å². The molecule has 2 aromatic rings. The number of fused-ring (bicyclic) bond motifs is 4. The van der Waals surface area contributed by atoms with Gasteiger partial charge in [0.15, 0.2) is 5.78 Å². The Hall–Kier alpha value is -1.78. The van der Waals surface area contributed by atoms with Crippen molar-refractivity contribution in [2.45, 2.75) is 59.0 Å². The second-order valence-corrected chi connectivity index (χ2v) is 10.8. The highest BCUT2D eigenvalue weighted by Crippen LogP contribution is 2.50. The van der Waals surface area contributed by atoms with Crippen LogP contribution in [0.15, 0.2) is 51.8 Å². The molecule has 0 fully saturated rings. The Labute approximate surface area is 184 Å². The number of hydrogen-bond donors (Lipinski definition) is 0. The maximum atomic E-state index is 13.4. The van der Waals surface area contributed by atoms with Gasteiger partial charge in [-0.25, -0.2) is 0 Å². The van der Waals surface area contributed by atoms with Crippen molar-refractivity contribution in [3.63, 3.8) is 0 Å². The SMILES string of the molecule is CC(C)N(CCSC1=CC2C(C=C1)C(=O)c1c(oc3ccccc13)C2(C)C)C(C)C. The minimum absolute atomic E-state index is 0.110. The summed E-state index contributed by atoms with van der Waals surface area (Å²) in [7, 11) is 0. The number of hydrogen-bond acceptors (Lipinski definition) is 4. The summed E-state index contributed by atoms with van der Waals surface area (Å²) in [4.78, 5) is 17.2. The van der Waals surface area contributed by atoms with Crippen molar-refractivity contribution in [3.8, 4) is 0 Å². The largest absolute Gasteiger partial charge is 0.460 e. The lowest BCUT2D eigenvalue weighted by molar-refractivity contribution is 0.0851. The molecule has 2 aliphatic carbocycles. The number of thioether (sulfide) groups is 1. The molecule has 2 atom stereocenters. The van der Waals surface area contributed by atoms with E-state index in [4.69, 9.17) is 4.42 Å². The Bertz CT molecular complexity index is 1000. The second-order valence-electron chi connectivity index (χ2n) is 9.64. The molecule has 1 aromatic heterocycles. The number of carbonyl (C=O) groups excluding carboxylic acids is 1. The first-order valence-corrected chi connectivity index (χ1v) is 12.0. The van der Waals surface area contributed by atoms with Crippen LogP contribution in [0.5, 0.6) is 0 Å². The first kappa shape index (κ1) is 21.5. The van der Waals surface area contributed by atoms with Gasteiger partial charge in [-0.2, -0.15) is 0 Å². The molecule has 0 saturated carbocycles. The Morgan fingerprint density at radius 1 is 1.13 bits per heavy atom. The van der Waals surface area contributed by atoms with Gasteiger partial charge in [0, 0.05) is 51.9 Å². The van der Waals surface area contributed by atoms with E-state index in [-0.39, 0.29) is 23.0 Å². The third kappa shape index (κ3) is 3.58. The van der Waals surface area contributed by atoms with Crippen LogP contribution in [0.1, 0.15) is 57.7 Å². The standard InChI is InChI=1S/C26H33NO2S/c1-16(2)27(17(3)4)13-14-30-18-11-12-19-21(15-18)26(5,6)25-23(24(19)28)20-9-7-8-10-22(20)29-25/h7-12,15-17,19,21H,13-14H2,1-6H3. The van der Waals surface area contributed by atoms with Crippen LogP contribution in [-0.2, 0) is 5.41 Å². The number of benzene rings is 1. The van der Waals surface area contributed by atoms with Crippen LogP contribution in [0.3, 0.4) is 0 Å². The Kier molecular flexibility index (Phi) is 5.75. The first-order valence-electron chi connectivity index (χ1n) is 11.1. The van der Waals surface area contributed by atoms with Gasteiger partial charge in [0.05, 0.1) is 5.56 Å². The lowest BCUT2D eigenvalue weighted by Crippen LogP contribution is -2.42. The lowest BCUT2D eigenvalue weighted by Gasteiger charge is -2.41. The number of para-hydroxylation sites is 1. The van der Waals surface area contributed by atoms with Gasteiger partial charge >= 0.3 is 0 Å². The Balaban J connectivity index is 1.58. The molecular formula is C26H33NO2S. The molecule has 1 aromatic carbocycles. The normalized spacial score (nSPS) is 22.7. The van der Waals surface area contributed by atoms with Crippen molar-refractivity contribution in [3.05, 3.63) is 58.7 Å². The van der Waals surface area contributed by atoms with Crippen molar-refractivity contribution >= 4 is 28.5 Å². The average molecular weight is 424 g/mol. The van der Waals surface area contributed by atoms with Gasteiger partial charge in [0.1, 0.15) is 11.3 Å². The van der Waals surface area contributed by atoms with Crippen molar-refractivity contribution in [2.75, 3.05) is 12.3 Å². The molecule has 0 radical (unpaired) electrons. The summed E-state index contributed by atoms with van der Waals surface area (Å²) in [5.74, 6) is 2.10. The van der Waals surface area contributed by atoms with Gasteiger partial charge in [-0.15, -0.1) is 11.8 Å². The highest BCUT2D eigenvalue weighted by molar-refractivity contribution is 8.03. The van der Waals surface area contributed by atoms with Crippen molar-refractivity contribution < 1.29 is 9.21 Å². The van der Waals surface area contributed by atoms with Crippen molar-refractivity contribution in [2.24, 2.45) is 11.8 Å². The molecule has 2 aliphatic rings. The third-order valence-electron chi connectivity index (χ3n) is 6.71. The molecule has 0 aliphatic heterocycles. The number of carbonyl (C=O) groups is 1. The van der Waals surface area contributed by atoms with Gasteiger partial charge < -0.3 is 4.42 Å². The average Bonchev–Trinajstić information content (AvgIpc) is 3.10. The zero-order chi connectivity index (χ0) is 21.6. The fourth-order valence-corrected chi connectivity index (χ4v) is 6.06. The predicted octanol–water partition coefficient (Wildman–Crippen LogP) is 6.44. The first-order chi connectivity index (χ1) is 14.2. The maximum absolute atomic E-state index is 13.4. The van der Waals surface area contributed by atoms with Crippen LogP contribution in [0, 0.1) is 11.8 Å². The molecular weight excluding hydrogens is 390 g/mol. The highest BCUT2D eigenvalue weighted by Gasteiger charge is 2.49. The van der Waals surface area contributed by atoms with E-state index in [9.17, 15) is 4.79 Å². The molecule has 30 heavy (non-hydrogen) atoms. The fourth-order valence-electron chi connectivity index (χ4n) is 5.10. The number of nitrogens with zero attached hydrogens (tertiary/aromatic N) is 1. The van der Waals surface area contributed by atoms with Gasteiger partial charge in [-0.3, -0.25) is 9.69 Å². The summed E-state index contributed by atoms with van der Waals surface area (Å²) in [5.41, 5.74) is 1.37. The third-order valence-corrected chi connectivity index (χ3v) is 7.70. The van der Waals surface area contributed by atoms with E-state index >= 15 is 0 Å². The second kappa shape index (κ2) is 8.05. The molecule has 1 heterocycles. The summed E-state index contributed by atoms with van der Waals surface area (Å²) < 4.78 is 6.24. The van der Waals surface area contributed by atoms with Gasteiger partial charge in [0.25, 0.3) is 0 Å². The number of furan rings is 1. The minimum atomic E-state index is -0.231. The van der Waals surface area contributed by atoms with E-state index in [0.29, 0.717) is 12.1 Å². The smallest absolute Gasteiger partial charge is 0.174 e. The van der Waals surface area contributed by atoms with Crippen LogP contribution in [0.2, 0.25) is 0 Å². The molecule has 3 nitrogen and oxygen atoms in total. The number of allylic oxidation sites excluding steroid dienone is 3. The molecule has 0 amide bonds. The van der Waals surface area contributed by atoms with Crippen LogP contribution < -0.4 is 0 Å². The zero-order valence-corrected chi connectivity index (χ0v) is 19.8.